The SMILES string of the molecule is Cc1cnc(C(=O)Nc2cccc(/C(=N/N)N(N)C(C)C)n2)cc1-c1cc(C2CC2)on1. The van der Waals surface area contributed by atoms with Gasteiger partial charge in [0, 0.05) is 29.8 Å². The Bertz CT molecular complexity index is 1170. The summed E-state index contributed by atoms with van der Waals surface area (Å²) in [5, 5.41) is 12.1. The lowest BCUT2D eigenvalue weighted by molar-refractivity contribution is 0.102. The van der Waals surface area contributed by atoms with Crippen molar-refractivity contribution in [3.63, 3.8) is 0 Å². The van der Waals surface area contributed by atoms with Gasteiger partial charge in [0.15, 0.2) is 5.84 Å². The number of carbonyl (C=O) groups excluding carboxylic acids is 1. The molecule has 166 valence electrons. The van der Waals surface area contributed by atoms with Gasteiger partial charge in [-0.3, -0.25) is 14.8 Å². The fraction of sp³-hybridized carbons (Fsp3) is 0.318. The maximum Gasteiger partial charge on any atom is 0.275 e. The van der Waals surface area contributed by atoms with Crippen molar-refractivity contribution < 1.29 is 9.32 Å². The summed E-state index contributed by atoms with van der Waals surface area (Å²) < 4.78 is 5.46. The van der Waals surface area contributed by atoms with Crippen LogP contribution in [0.1, 0.15) is 60.1 Å². The molecular weight excluding hydrogens is 408 g/mol. The minimum Gasteiger partial charge on any atom is -0.360 e. The van der Waals surface area contributed by atoms with Gasteiger partial charge in [-0.1, -0.05) is 11.2 Å². The Morgan fingerprint density at radius 3 is 2.75 bits per heavy atom. The highest BCUT2D eigenvalue weighted by Gasteiger charge is 2.28. The molecule has 0 unspecified atom stereocenters. The Morgan fingerprint density at radius 2 is 2.06 bits per heavy atom. The van der Waals surface area contributed by atoms with Gasteiger partial charge in [0.25, 0.3) is 5.91 Å². The van der Waals surface area contributed by atoms with Crippen LogP contribution in [-0.2, 0) is 0 Å². The third-order valence-electron chi connectivity index (χ3n) is 5.26. The first-order valence-corrected chi connectivity index (χ1v) is 10.4. The van der Waals surface area contributed by atoms with Gasteiger partial charge in [-0.25, -0.2) is 10.8 Å². The number of carbonyl (C=O) groups is 1. The minimum atomic E-state index is -0.401. The summed E-state index contributed by atoms with van der Waals surface area (Å²) in [5.41, 5.74) is 3.08. The van der Waals surface area contributed by atoms with E-state index in [1.165, 1.54) is 5.01 Å². The van der Waals surface area contributed by atoms with E-state index in [1.54, 1.807) is 30.5 Å². The molecule has 32 heavy (non-hydrogen) atoms. The van der Waals surface area contributed by atoms with Crippen molar-refractivity contribution in [3.05, 3.63) is 59.2 Å². The highest BCUT2D eigenvalue weighted by molar-refractivity contribution is 6.03. The van der Waals surface area contributed by atoms with Crippen LogP contribution in [0.15, 0.2) is 46.2 Å². The number of rotatable bonds is 6. The highest BCUT2D eigenvalue weighted by Crippen LogP contribution is 2.41. The van der Waals surface area contributed by atoms with E-state index in [0.717, 1.165) is 29.7 Å². The van der Waals surface area contributed by atoms with E-state index < -0.39 is 5.91 Å². The summed E-state index contributed by atoms with van der Waals surface area (Å²) in [6.07, 6.45) is 3.90. The molecule has 10 heteroatoms. The average molecular weight is 435 g/mol. The molecule has 0 aromatic carbocycles. The van der Waals surface area contributed by atoms with E-state index in [9.17, 15) is 4.79 Å². The number of hydrazone groups is 1. The van der Waals surface area contributed by atoms with Gasteiger partial charge in [-0.2, -0.15) is 5.10 Å². The van der Waals surface area contributed by atoms with Gasteiger partial charge in [0.05, 0.1) is 0 Å². The topological polar surface area (TPSA) is 149 Å². The first kappa shape index (κ1) is 21.4. The number of nitrogens with zero attached hydrogens (tertiary/aromatic N) is 5. The standard InChI is InChI=1S/C22H26N8O2/c1-12(2)30(24)21(28-23)16-5-4-6-20(26-16)27-22(31)18-9-15(13(3)11-25-18)17-10-19(32-29-17)14-7-8-14/h4-6,9-12,14H,7-8,23-24H2,1-3H3,(H,26,27,31)/b28-21-. The van der Waals surface area contributed by atoms with Crippen molar-refractivity contribution in [1.82, 2.24) is 20.1 Å². The van der Waals surface area contributed by atoms with Crippen LogP contribution in [0, 0.1) is 6.92 Å². The molecule has 0 bridgehead atoms. The molecule has 1 aliphatic carbocycles. The molecular formula is C22H26N8O2. The summed E-state index contributed by atoms with van der Waals surface area (Å²) in [7, 11) is 0. The van der Waals surface area contributed by atoms with Gasteiger partial charge in [0.2, 0.25) is 0 Å². The summed E-state index contributed by atoms with van der Waals surface area (Å²) in [6.45, 7) is 5.72. The van der Waals surface area contributed by atoms with E-state index in [-0.39, 0.29) is 11.7 Å². The molecule has 0 aliphatic heterocycles. The van der Waals surface area contributed by atoms with Gasteiger partial charge in [0.1, 0.15) is 28.7 Å². The third kappa shape index (κ3) is 4.45. The van der Waals surface area contributed by atoms with Gasteiger partial charge in [-0.15, -0.1) is 0 Å². The molecule has 0 radical (unpaired) electrons. The van der Waals surface area contributed by atoms with Crippen LogP contribution in [0.25, 0.3) is 11.3 Å². The number of pyridine rings is 2. The largest absolute Gasteiger partial charge is 0.360 e. The third-order valence-corrected chi connectivity index (χ3v) is 5.26. The van der Waals surface area contributed by atoms with Gasteiger partial charge >= 0.3 is 0 Å². The van der Waals surface area contributed by atoms with Crippen molar-refractivity contribution in [1.29, 1.82) is 0 Å². The highest BCUT2D eigenvalue weighted by atomic mass is 16.5. The second-order valence-electron chi connectivity index (χ2n) is 8.09. The van der Waals surface area contributed by atoms with Gasteiger partial charge < -0.3 is 15.7 Å². The van der Waals surface area contributed by atoms with Crippen molar-refractivity contribution in [3.8, 4) is 11.3 Å². The first-order chi connectivity index (χ1) is 15.4. The molecule has 0 spiro atoms. The summed E-state index contributed by atoms with van der Waals surface area (Å²) in [5.74, 6) is 13.1. The molecule has 10 nitrogen and oxygen atoms in total. The Balaban J connectivity index is 1.55. The second kappa shape index (κ2) is 8.75. The van der Waals surface area contributed by atoms with E-state index in [1.807, 2.05) is 26.8 Å². The number of hydrazine groups is 1. The smallest absolute Gasteiger partial charge is 0.275 e. The van der Waals surface area contributed by atoms with E-state index in [4.69, 9.17) is 16.2 Å². The molecule has 1 amide bonds. The maximum absolute atomic E-state index is 12.9. The molecule has 3 heterocycles. The number of anilines is 1. The first-order valence-electron chi connectivity index (χ1n) is 10.4. The summed E-state index contributed by atoms with van der Waals surface area (Å²) >= 11 is 0. The maximum atomic E-state index is 12.9. The van der Waals surface area contributed by atoms with E-state index >= 15 is 0 Å². The normalized spacial score (nSPS) is 14.0. The Labute approximate surface area is 185 Å². The molecule has 0 atom stereocenters. The monoisotopic (exact) mass is 434 g/mol. The van der Waals surface area contributed by atoms with Crippen molar-refractivity contribution in [2.75, 3.05) is 5.32 Å². The lowest BCUT2D eigenvalue weighted by Crippen LogP contribution is -2.44. The lowest BCUT2D eigenvalue weighted by atomic mass is 10.1. The number of nitrogens with two attached hydrogens (primary N) is 2. The fourth-order valence-corrected chi connectivity index (χ4v) is 3.22. The fourth-order valence-electron chi connectivity index (χ4n) is 3.22. The molecule has 1 aliphatic rings. The average Bonchev–Trinajstić information content (AvgIpc) is 3.51. The molecule has 5 N–H and O–H groups in total. The molecule has 3 aromatic rings. The van der Waals surface area contributed by atoms with Crippen LogP contribution in [-0.4, -0.2) is 37.9 Å². The number of aryl methyl sites for hydroxylation is 1. The molecule has 3 aromatic heterocycles. The summed E-state index contributed by atoms with van der Waals surface area (Å²) in [4.78, 5) is 21.6. The zero-order chi connectivity index (χ0) is 22.8. The van der Waals surface area contributed by atoms with Crippen LogP contribution < -0.4 is 17.0 Å². The number of amidine groups is 1. The Kier molecular flexibility index (Phi) is 5.87. The molecule has 1 saturated carbocycles. The number of aromatic nitrogens is 3. The predicted octanol–water partition coefficient (Wildman–Crippen LogP) is 2.77. The number of hydrogen-bond acceptors (Lipinski definition) is 8. The summed E-state index contributed by atoms with van der Waals surface area (Å²) in [6, 6.07) is 8.72. The van der Waals surface area contributed by atoms with Crippen molar-refractivity contribution >= 4 is 17.6 Å². The van der Waals surface area contributed by atoms with Crippen LogP contribution in [0.2, 0.25) is 0 Å². The lowest BCUT2D eigenvalue weighted by Gasteiger charge is -2.23. The molecule has 0 saturated heterocycles. The van der Waals surface area contributed by atoms with Gasteiger partial charge in [-0.05, 0) is 57.4 Å². The van der Waals surface area contributed by atoms with Crippen LogP contribution >= 0.6 is 0 Å². The van der Waals surface area contributed by atoms with Crippen molar-refractivity contribution in [2.24, 2.45) is 16.8 Å². The Hall–Kier alpha value is -3.79. The zero-order valence-corrected chi connectivity index (χ0v) is 18.2. The quantitative estimate of drug-likeness (QED) is 0.232. The number of hydrogen-bond donors (Lipinski definition) is 3. The van der Waals surface area contributed by atoms with Crippen LogP contribution in [0.3, 0.4) is 0 Å². The molecule has 1 fully saturated rings. The molecule has 4 rings (SSSR count). The number of amides is 1. The van der Waals surface area contributed by atoms with E-state index in [2.05, 4.69) is 25.5 Å². The zero-order valence-electron chi connectivity index (χ0n) is 18.2. The second-order valence-corrected chi connectivity index (χ2v) is 8.09. The van der Waals surface area contributed by atoms with E-state index in [0.29, 0.717) is 29.0 Å². The van der Waals surface area contributed by atoms with Crippen LogP contribution in [0.5, 0.6) is 0 Å². The predicted molar refractivity (Wildman–Crippen MR) is 121 cm³/mol. The van der Waals surface area contributed by atoms with Crippen LogP contribution in [0.4, 0.5) is 5.82 Å². The van der Waals surface area contributed by atoms with Crippen molar-refractivity contribution in [2.45, 2.75) is 45.6 Å². The number of nitrogens with one attached hydrogen (secondary N) is 1. The Morgan fingerprint density at radius 1 is 1.28 bits per heavy atom. The minimum absolute atomic E-state index is 0.0375.